The Balaban J connectivity index is 1.26. The number of hydrogen-bond donors (Lipinski definition) is 0. The van der Waals surface area contributed by atoms with E-state index in [4.69, 9.17) is 13.7 Å². The number of ether oxygens (including phenoxy) is 1. The Hall–Kier alpha value is -3.06. The standard InChI is InChI=1S/C22H21N5O5S2/c1-15-5-7-16(8-6-15)20-23-19(32-26-20)14-33-22-25-24-21(31-22)17-3-2-4-18(13-17)34(28,29)27-9-11-30-12-10-27/h2-8,13H,9-12,14H2,1H3. The molecule has 0 bridgehead atoms. The normalized spacial score (nSPS) is 15.0. The van der Waals surface area contributed by atoms with Crippen LogP contribution in [0.1, 0.15) is 11.5 Å². The van der Waals surface area contributed by atoms with E-state index in [2.05, 4.69) is 20.3 Å². The van der Waals surface area contributed by atoms with Crippen molar-refractivity contribution < 1.29 is 22.1 Å². The molecular formula is C22H21N5O5S2. The summed E-state index contributed by atoms with van der Waals surface area (Å²) in [6.45, 7) is 3.44. The summed E-state index contributed by atoms with van der Waals surface area (Å²) in [5, 5.41) is 12.4. The van der Waals surface area contributed by atoms with Crippen LogP contribution in [0.5, 0.6) is 0 Å². The monoisotopic (exact) mass is 499 g/mol. The van der Waals surface area contributed by atoms with E-state index in [0.29, 0.717) is 54.6 Å². The number of thioether (sulfide) groups is 1. The van der Waals surface area contributed by atoms with E-state index in [1.54, 1.807) is 24.3 Å². The number of aryl methyl sites for hydroxylation is 1. The summed E-state index contributed by atoms with van der Waals surface area (Å²) in [5.41, 5.74) is 2.55. The largest absolute Gasteiger partial charge is 0.411 e. The fourth-order valence-electron chi connectivity index (χ4n) is 3.37. The first-order chi connectivity index (χ1) is 16.5. The predicted molar refractivity (Wildman–Crippen MR) is 123 cm³/mol. The van der Waals surface area contributed by atoms with E-state index >= 15 is 0 Å². The third-order valence-electron chi connectivity index (χ3n) is 5.19. The van der Waals surface area contributed by atoms with Crippen molar-refractivity contribution in [3.8, 4) is 22.8 Å². The number of morpholine rings is 1. The van der Waals surface area contributed by atoms with E-state index in [9.17, 15) is 8.42 Å². The molecule has 34 heavy (non-hydrogen) atoms. The summed E-state index contributed by atoms with van der Waals surface area (Å²) in [7, 11) is -3.62. The van der Waals surface area contributed by atoms with Gasteiger partial charge in [0, 0.05) is 24.2 Å². The second-order valence-corrected chi connectivity index (χ2v) is 10.4. The minimum atomic E-state index is -3.62. The Labute approximate surface area is 200 Å². The third kappa shape index (κ3) is 4.89. The van der Waals surface area contributed by atoms with Crippen LogP contribution in [0.25, 0.3) is 22.8 Å². The van der Waals surface area contributed by atoms with Crippen molar-refractivity contribution in [2.24, 2.45) is 0 Å². The molecule has 12 heteroatoms. The van der Waals surface area contributed by atoms with Crippen molar-refractivity contribution >= 4 is 21.8 Å². The number of nitrogens with zero attached hydrogens (tertiary/aromatic N) is 5. The molecule has 176 valence electrons. The quantitative estimate of drug-likeness (QED) is 0.349. The highest BCUT2D eigenvalue weighted by atomic mass is 32.2. The van der Waals surface area contributed by atoms with Crippen molar-refractivity contribution in [1.29, 1.82) is 0 Å². The molecule has 2 aromatic heterocycles. The van der Waals surface area contributed by atoms with Crippen LogP contribution in [0.3, 0.4) is 0 Å². The number of rotatable bonds is 7. The maximum absolute atomic E-state index is 12.9. The minimum absolute atomic E-state index is 0.175. The first-order valence-corrected chi connectivity index (χ1v) is 13.0. The number of sulfonamides is 1. The highest BCUT2D eigenvalue weighted by Gasteiger charge is 2.27. The Morgan fingerprint density at radius 1 is 1.03 bits per heavy atom. The van der Waals surface area contributed by atoms with Gasteiger partial charge in [0.25, 0.3) is 5.22 Å². The fraction of sp³-hybridized carbons (Fsp3) is 0.273. The van der Waals surface area contributed by atoms with Gasteiger partial charge in [-0.3, -0.25) is 0 Å². The fourth-order valence-corrected chi connectivity index (χ4v) is 5.42. The number of aromatic nitrogens is 4. The van der Waals surface area contributed by atoms with Gasteiger partial charge in [-0.05, 0) is 25.1 Å². The lowest BCUT2D eigenvalue weighted by molar-refractivity contribution is 0.0730. The van der Waals surface area contributed by atoms with Gasteiger partial charge in [-0.1, -0.05) is 52.8 Å². The molecule has 2 aromatic carbocycles. The van der Waals surface area contributed by atoms with Crippen LogP contribution in [0.2, 0.25) is 0 Å². The Morgan fingerprint density at radius 2 is 1.82 bits per heavy atom. The molecule has 1 aliphatic heterocycles. The van der Waals surface area contributed by atoms with Crippen LogP contribution in [-0.4, -0.2) is 59.4 Å². The van der Waals surface area contributed by atoms with E-state index in [1.807, 2.05) is 31.2 Å². The molecule has 0 unspecified atom stereocenters. The maximum atomic E-state index is 12.9. The SMILES string of the molecule is Cc1ccc(-c2noc(CSc3nnc(-c4cccc(S(=O)(=O)N5CCOCC5)c4)o3)n2)cc1. The summed E-state index contributed by atoms with van der Waals surface area (Å²) in [6, 6.07) is 14.3. The Bertz CT molecular complexity index is 1380. The minimum Gasteiger partial charge on any atom is -0.411 e. The lowest BCUT2D eigenvalue weighted by atomic mass is 10.1. The second-order valence-electron chi connectivity index (χ2n) is 7.58. The van der Waals surface area contributed by atoms with Crippen molar-refractivity contribution in [2.75, 3.05) is 26.3 Å². The van der Waals surface area contributed by atoms with Gasteiger partial charge < -0.3 is 13.7 Å². The molecule has 0 N–H and O–H groups in total. The van der Waals surface area contributed by atoms with Gasteiger partial charge in [-0.2, -0.15) is 9.29 Å². The van der Waals surface area contributed by atoms with Gasteiger partial charge >= 0.3 is 0 Å². The average Bonchev–Trinajstić information content (AvgIpc) is 3.54. The van der Waals surface area contributed by atoms with E-state index in [-0.39, 0.29) is 10.8 Å². The molecule has 0 amide bonds. The van der Waals surface area contributed by atoms with E-state index in [1.165, 1.54) is 16.1 Å². The van der Waals surface area contributed by atoms with Gasteiger partial charge in [-0.15, -0.1) is 10.2 Å². The van der Waals surface area contributed by atoms with Crippen LogP contribution in [0, 0.1) is 6.92 Å². The van der Waals surface area contributed by atoms with Gasteiger partial charge in [0.2, 0.25) is 27.6 Å². The molecule has 1 aliphatic rings. The highest BCUT2D eigenvalue weighted by Crippen LogP contribution is 2.28. The number of benzene rings is 2. The molecule has 4 aromatic rings. The summed E-state index contributed by atoms with van der Waals surface area (Å²) in [4.78, 5) is 4.58. The molecule has 10 nitrogen and oxygen atoms in total. The van der Waals surface area contributed by atoms with Gasteiger partial charge in [0.1, 0.15) is 0 Å². The van der Waals surface area contributed by atoms with Crippen LogP contribution in [0.15, 0.2) is 67.6 Å². The molecule has 5 rings (SSSR count). The molecule has 0 atom stereocenters. The first kappa shape index (κ1) is 22.7. The lowest BCUT2D eigenvalue weighted by Gasteiger charge is -2.26. The van der Waals surface area contributed by atoms with Crippen LogP contribution >= 0.6 is 11.8 Å². The molecular weight excluding hydrogens is 478 g/mol. The van der Waals surface area contributed by atoms with Gasteiger partial charge in [0.15, 0.2) is 0 Å². The second kappa shape index (κ2) is 9.66. The summed E-state index contributed by atoms with van der Waals surface area (Å²) in [6.07, 6.45) is 0. The Kier molecular flexibility index (Phi) is 6.46. The van der Waals surface area contributed by atoms with E-state index < -0.39 is 10.0 Å². The van der Waals surface area contributed by atoms with Crippen molar-refractivity contribution in [3.63, 3.8) is 0 Å². The molecule has 1 fully saturated rings. The number of hydrogen-bond acceptors (Lipinski definition) is 10. The maximum Gasteiger partial charge on any atom is 0.277 e. The molecule has 0 saturated carbocycles. The van der Waals surface area contributed by atoms with Crippen molar-refractivity contribution in [1.82, 2.24) is 24.6 Å². The molecule has 1 saturated heterocycles. The molecule has 0 radical (unpaired) electrons. The highest BCUT2D eigenvalue weighted by molar-refractivity contribution is 7.98. The summed E-state index contributed by atoms with van der Waals surface area (Å²) in [5.74, 6) is 1.53. The van der Waals surface area contributed by atoms with Crippen molar-refractivity contribution in [2.45, 2.75) is 22.8 Å². The zero-order chi connectivity index (χ0) is 23.5. The third-order valence-corrected chi connectivity index (χ3v) is 7.89. The summed E-state index contributed by atoms with van der Waals surface area (Å²) >= 11 is 1.26. The van der Waals surface area contributed by atoms with Crippen LogP contribution in [-0.2, 0) is 20.5 Å². The van der Waals surface area contributed by atoms with Crippen molar-refractivity contribution in [3.05, 3.63) is 60.0 Å². The summed E-state index contributed by atoms with van der Waals surface area (Å²) < 4.78 is 43.6. The van der Waals surface area contributed by atoms with E-state index in [0.717, 1.165) is 11.1 Å². The average molecular weight is 500 g/mol. The zero-order valence-corrected chi connectivity index (χ0v) is 19.9. The smallest absolute Gasteiger partial charge is 0.277 e. The molecule has 0 aliphatic carbocycles. The van der Waals surface area contributed by atoms with Crippen LogP contribution in [0.4, 0.5) is 0 Å². The lowest BCUT2D eigenvalue weighted by Crippen LogP contribution is -2.40. The topological polar surface area (TPSA) is 124 Å². The van der Waals surface area contributed by atoms with Gasteiger partial charge in [0.05, 0.1) is 23.9 Å². The first-order valence-electron chi connectivity index (χ1n) is 10.5. The molecule has 3 heterocycles. The molecule has 0 spiro atoms. The Morgan fingerprint density at radius 3 is 2.62 bits per heavy atom. The predicted octanol–water partition coefficient (Wildman–Crippen LogP) is 3.41. The zero-order valence-electron chi connectivity index (χ0n) is 18.2. The van der Waals surface area contributed by atoms with Gasteiger partial charge in [-0.25, -0.2) is 8.42 Å². The van der Waals surface area contributed by atoms with Crippen LogP contribution < -0.4 is 0 Å².